The Morgan fingerprint density at radius 1 is 1.37 bits per heavy atom. The molecule has 2 atom stereocenters. The first-order valence-electron chi connectivity index (χ1n) is 6.60. The monoisotopic (exact) mass is 261 g/mol. The third-order valence-electron chi connectivity index (χ3n) is 3.72. The summed E-state index contributed by atoms with van der Waals surface area (Å²) in [4.78, 5) is 24.4. The van der Waals surface area contributed by atoms with Crippen LogP contribution in [-0.2, 0) is 9.59 Å². The summed E-state index contributed by atoms with van der Waals surface area (Å²) in [6.07, 6.45) is 0.833. The van der Waals surface area contributed by atoms with Crippen molar-refractivity contribution in [3.8, 4) is 0 Å². The Hall–Kier alpha value is -1.84. The normalized spacial score (nSPS) is 20.9. The van der Waals surface area contributed by atoms with Gasteiger partial charge in [-0.15, -0.1) is 0 Å². The van der Waals surface area contributed by atoms with Gasteiger partial charge in [-0.2, -0.15) is 0 Å². The number of carbonyl (C=O) groups is 2. The lowest BCUT2D eigenvalue weighted by atomic mass is 10.0. The highest BCUT2D eigenvalue weighted by molar-refractivity contribution is 5.86. The van der Waals surface area contributed by atoms with E-state index in [1.165, 1.54) is 16.0 Å². The molecule has 1 amide bonds. The van der Waals surface area contributed by atoms with Crippen LogP contribution >= 0.6 is 0 Å². The van der Waals surface area contributed by atoms with E-state index < -0.39 is 5.97 Å². The van der Waals surface area contributed by atoms with E-state index >= 15 is 0 Å². The van der Waals surface area contributed by atoms with Gasteiger partial charge in [-0.25, -0.2) is 0 Å². The lowest BCUT2D eigenvalue weighted by Crippen LogP contribution is -2.36. The van der Waals surface area contributed by atoms with Gasteiger partial charge in [0.15, 0.2) is 0 Å². The average molecular weight is 261 g/mol. The van der Waals surface area contributed by atoms with Gasteiger partial charge in [0, 0.05) is 12.5 Å². The van der Waals surface area contributed by atoms with Crippen molar-refractivity contribution >= 4 is 11.9 Å². The molecule has 2 rings (SSSR count). The van der Waals surface area contributed by atoms with Crippen LogP contribution in [0.15, 0.2) is 24.3 Å². The predicted octanol–water partition coefficient (Wildman–Crippen LogP) is 2.03. The zero-order chi connectivity index (χ0) is 14.0. The molecule has 4 heteroatoms. The van der Waals surface area contributed by atoms with Crippen LogP contribution in [0, 0.1) is 12.8 Å². The van der Waals surface area contributed by atoms with Gasteiger partial charge in [0.25, 0.3) is 0 Å². The van der Waals surface area contributed by atoms with Crippen molar-refractivity contribution in [2.45, 2.75) is 26.2 Å². The SMILES string of the molecule is CCN(CC(=O)O)C(=O)[C@H]1C[C@H]1c1ccccc1C. The quantitative estimate of drug-likeness (QED) is 0.882. The van der Waals surface area contributed by atoms with E-state index in [0.29, 0.717) is 6.54 Å². The number of aryl methyl sites for hydroxylation is 1. The molecule has 0 radical (unpaired) electrons. The fourth-order valence-corrected chi connectivity index (χ4v) is 2.56. The number of aliphatic carboxylic acids is 1. The number of hydrogen-bond donors (Lipinski definition) is 1. The molecule has 0 aromatic heterocycles. The fourth-order valence-electron chi connectivity index (χ4n) is 2.56. The molecule has 0 saturated heterocycles. The second-order valence-corrected chi connectivity index (χ2v) is 5.05. The first-order chi connectivity index (χ1) is 9.04. The zero-order valence-corrected chi connectivity index (χ0v) is 11.3. The topological polar surface area (TPSA) is 57.6 Å². The molecule has 4 nitrogen and oxygen atoms in total. The molecule has 1 aromatic rings. The minimum absolute atomic E-state index is 0.0295. The third kappa shape index (κ3) is 2.95. The number of rotatable bonds is 5. The lowest BCUT2D eigenvalue weighted by Gasteiger charge is -2.18. The Balaban J connectivity index is 2.04. The Bertz CT molecular complexity index is 498. The molecule has 0 unspecified atom stereocenters. The molecule has 0 heterocycles. The number of carbonyl (C=O) groups excluding carboxylic acids is 1. The summed E-state index contributed by atoms with van der Waals surface area (Å²) in [6, 6.07) is 8.07. The van der Waals surface area contributed by atoms with Crippen LogP contribution in [-0.4, -0.2) is 35.0 Å². The molecule has 0 bridgehead atoms. The molecule has 1 saturated carbocycles. The Kier molecular flexibility index (Phi) is 3.88. The van der Waals surface area contributed by atoms with E-state index in [9.17, 15) is 9.59 Å². The van der Waals surface area contributed by atoms with Crippen LogP contribution in [0.5, 0.6) is 0 Å². The van der Waals surface area contributed by atoms with E-state index in [4.69, 9.17) is 5.11 Å². The molecule has 1 N–H and O–H groups in total. The van der Waals surface area contributed by atoms with Gasteiger partial charge < -0.3 is 10.0 Å². The van der Waals surface area contributed by atoms with Crippen molar-refractivity contribution in [1.82, 2.24) is 4.90 Å². The molecule has 1 aliphatic rings. The molecule has 1 fully saturated rings. The maximum Gasteiger partial charge on any atom is 0.323 e. The first kappa shape index (κ1) is 13.6. The van der Waals surface area contributed by atoms with Crippen molar-refractivity contribution in [2.75, 3.05) is 13.1 Å². The van der Waals surface area contributed by atoms with Gasteiger partial charge in [-0.3, -0.25) is 9.59 Å². The second kappa shape index (κ2) is 5.43. The van der Waals surface area contributed by atoms with Crippen LogP contribution in [0.3, 0.4) is 0 Å². The van der Waals surface area contributed by atoms with Crippen LogP contribution in [0.4, 0.5) is 0 Å². The minimum atomic E-state index is -0.955. The van der Waals surface area contributed by atoms with E-state index in [0.717, 1.165) is 6.42 Å². The van der Waals surface area contributed by atoms with E-state index in [1.54, 1.807) is 0 Å². The lowest BCUT2D eigenvalue weighted by molar-refractivity contribution is -0.144. The highest BCUT2D eigenvalue weighted by Crippen LogP contribution is 2.49. The third-order valence-corrected chi connectivity index (χ3v) is 3.72. The largest absolute Gasteiger partial charge is 0.480 e. The van der Waals surface area contributed by atoms with Crippen LogP contribution < -0.4 is 0 Å². The number of carboxylic acids is 1. The molecule has 0 spiro atoms. The first-order valence-corrected chi connectivity index (χ1v) is 6.60. The Morgan fingerprint density at radius 2 is 2.05 bits per heavy atom. The summed E-state index contributed by atoms with van der Waals surface area (Å²) >= 11 is 0. The molecule has 19 heavy (non-hydrogen) atoms. The highest BCUT2D eigenvalue weighted by Gasteiger charge is 2.46. The number of nitrogens with zero attached hydrogens (tertiary/aromatic N) is 1. The highest BCUT2D eigenvalue weighted by atomic mass is 16.4. The van der Waals surface area contributed by atoms with Crippen molar-refractivity contribution < 1.29 is 14.7 Å². The van der Waals surface area contributed by atoms with Gasteiger partial charge in [0.1, 0.15) is 6.54 Å². The summed E-state index contributed by atoms with van der Waals surface area (Å²) in [6.45, 7) is 4.10. The molecular weight excluding hydrogens is 242 g/mol. The number of benzene rings is 1. The van der Waals surface area contributed by atoms with Crippen molar-refractivity contribution in [2.24, 2.45) is 5.92 Å². The minimum Gasteiger partial charge on any atom is -0.480 e. The smallest absolute Gasteiger partial charge is 0.323 e. The van der Waals surface area contributed by atoms with Crippen LogP contribution in [0.2, 0.25) is 0 Å². The zero-order valence-electron chi connectivity index (χ0n) is 11.3. The van der Waals surface area contributed by atoms with Gasteiger partial charge in [-0.05, 0) is 37.3 Å². The summed E-state index contributed by atoms with van der Waals surface area (Å²) in [5.41, 5.74) is 2.41. The van der Waals surface area contributed by atoms with Crippen LogP contribution in [0.1, 0.15) is 30.4 Å². The molecule has 1 aliphatic carbocycles. The molecule has 0 aliphatic heterocycles. The average Bonchev–Trinajstić information content (AvgIpc) is 3.15. The number of likely N-dealkylation sites (N-methyl/N-ethyl adjacent to an activating group) is 1. The summed E-state index contributed by atoms with van der Waals surface area (Å²) < 4.78 is 0. The number of amides is 1. The van der Waals surface area contributed by atoms with Crippen LogP contribution in [0.25, 0.3) is 0 Å². The number of carboxylic acid groups (broad SMARTS) is 1. The summed E-state index contributed by atoms with van der Waals surface area (Å²) in [5.74, 6) is -0.765. The van der Waals surface area contributed by atoms with E-state index in [1.807, 2.05) is 32.0 Å². The standard InChI is InChI=1S/C15H19NO3/c1-3-16(9-14(17)18)15(19)13-8-12(13)11-7-5-4-6-10(11)2/h4-7,12-13H,3,8-9H2,1-2H3,(H,17,18)/t12-,13-/m0/s1. The van der Waals surface area contributed by atoms with Gasteiger partial charge in [-0.1, -0.05) is 24.3 Å². The summed E-state index contributed by atoms with van der Waals surface area (Å²) in [5, 5.41) is 8.80. The van der Waals surface area contributed by atoms with Gasteiger partial charge >= 0.3 is 5.97 Å². The van der Waals surface area contributed by atoms with Crippen molar-refractivity contribution in [3.05, 3.63) is 35.4 Å². The molecular formula is C15H19NO3. The summed E-state index contributed by atoms with van der Waals surface area (Å²) in [7, 11) is 0. The predicted molar refractivity (Wildman–Crippen MR) is 71.9 cm³/mol. The maximum absolute atomic E-state index is 12.2. The Morgan fingerprint density at radius 3 is 2.63 bits per heavy atom. The molecule has 102 valence electrons. The van der Waals surface area contributed by atoms with Gasteiger partial charge in [0.05, 0.1) is 0 Å². The second-order valence-electron chi connectivity index (χ2n) is 5.05. The fraction of sp³-hybridized carbons (Fsp3) is 0.467. The van der Waals surface area contributed by atoms with E-state index in [-0.39, 0.29) is 24.3 Å². The molecule has 1 aromatic carbocycles. The van der Waals surface area contributed by atoms with E-state index in [2.05, 4.69) is 6.07 Å². The van der Waals surface area contributed by atoms with Gasteiger partial charge in [0.2, 0.25) is 5.91 Å². The van der Waals surface area contributed by atoms with Crippen molar-refractivity contribution in [1.29, 1.82) is 0 Å². The maximum atomic E-state index is 12.2. The number of hydrogen-bond acceptors (Lipinski definition) is 2. The van der Waals surface area contributed by atoms with Crippen molar-refractivity contribution in [3.63, 3.8) is 0 Å². The Labute approximate surface area is 113 Å².